The smallest absolute Gasteiger partial charge is 0.150 e. The van der Waals surface area contributed by atoms with E-state index in [4.69, 9.17) is 0 Å². The molecule has 20 heavy (non-hydrogen) atoms. The van der Waals surface area contributed by atoms with E-state index in [1.54, 1.807) is 19.1 Å². The lowest BCUT2D eigenvalue weighted by Gasteiger charge is -2.19. The molecule has 0 bridgehead atoms. The van der Waals surface area contributed by atoms with Crippen LogP contribution in [-0.4, -0.2) is 5.11 Å². The van der Waals surface area contributed by atoms with Crippen LogP contribution in [0, 0.1) is 18.6 Å². The van der Waals surface area contributed by atoms with Crippen molar-refractivity contribution in [2.24, 2.45) is 0 Å². The summed E-state index contributed by atoms with van der Waals surface area (Å²) < 4.78 is 27.1. The lowest BCUT2D eigenvalue weighted by molar-refractivity contribution is 0.465. The zero-order valence-electron chi connectivity index (χ0n) is 11.0. The highest BCUT2D eigenvalue weighted by Crippen LogP contribution is 2.33. The third-order valence-corrected chi connectivity index (χ3v) is 3.64. The number of aromatic hydroxyl groups is 1. The molecule has 0 aromatic heterocycles. The summed E-state index contributed by atoms with van der Waals surface area (Å²) in [5.74, 6) is -1.20. The number of hydrogen-bond donors (Lipinski definition) is 2. The van der Waals surface area contributed by atoms with Crippen molar-refractivity contribution in [3.63, 3.8) is 0 Å². The quantitative estimate of drug-likeness (QED) is 0.830. The van der Waals surface area contributed by atoms with Crippen LogP contribution >= 0.6 is 15.9 Å². The summed E-state index contributed by atoms with van der Waals surface area (Å²) in [4.78, 5) is 0. The largest absolute Gasteiger partial charge is 0.508 e. The monoisotopic (exact) mass is 341 g/mol. The van der Waals surface area contributed by atoms with Crippen LogP contribution in [0.25, 0.3) is 0 Å². The summed E-state index contributed by atoms with van der Waals surface area (Å²) in [6.07, 6.45) is 0. The maximum absolute atomic E-state index is 13.8. The molecule has 0 aliphatic heterocycles. The van der Waals surface area contributed by atoms with E-state index in [-0.39, 0.29) is 17.5 Å². The highest BCUT2D eigenvalue weighted by atomic mass is 79.9. The second-order valence-electron chi connectivity index (χ2n) is 4.67. The molecule has 2 rings (SSSR count). The fraction of sp³-hybridized carbons (Fsp3) is 0.200. The van der Waals surface area contributed by atoms with Gasteiger partial charge in [0.2, 0.25) is 0 Å². The number of phenols is 1. The third kappa shape index (κ3) is 3.10. The average Bonchev–Trinajstić information content (AvgIpc) is 2.36. The first-order valence-electron chi connectivity index (χ1n) is 6.09. The Bertz CT molecular complexity index is 623. The third-order valence-electron chi connectivity index (χ3n) is 3.02. The zero-order valence-corrected chi connectivity index (χ0v) is 12.6. The molecule has 0 saturated carbocycles. The molecule has 0 radical (unpaired) electrons. The Hall–Kier alpha value is -1.62. The summed E-state index contributed by atoms with van der Waals surface area (Å²) in [6.45, 7) is 3.70. The predicted molar refractivity (Wildman–Crippen MR) is 78.9 cm³/mol. The molecule has 0 saturated heterocycles. The molecule has 2 nitrogen and oxygen atoms in total. The molecule has 1 atom stereocenters. The van der Waals surface area contributed by atoms with Crippen molar-refractivity contribution >= 4 is 21.6 Å². The van der Waals surface area contributed by atoms with Gasteiger partial charge in [-0.1, -0.05) is 17.7 Å². The van der Waals surface area contributed by atoms with E-state index in [1.165, 1.54) is 6.07 Å². The van der Waals surface area contributed by atoms with Gasteiger partial charge in [-0.05, 0) is 41.9 Å². The topological polar surface area (TPSA) is 32.3 Å². The van der Waals surface area contributed by atoms with E-state index in [2.05, 4.69) is 21.2 Å². The average molecular weight is 342 g/mol. The second-order valence-corrected chi connectivity index (χ2v) is 5.53. The lowest BCUT2D eigenvalue weighted by Crippen LogP contribution is -2.09. The van der Waals surface area contributed by atoms with Gasteiger partial charge in [-0.2, -0.15) is 0 Å². The van der Waals surface area contributed by atoms with Gasteiger partial charge in [-0.15, -0.1) is 0 Å². The molecule has 0 fully saturated rings. The molecule has 0 amide bonds. The number of nitrogens with one attached hydrogen (secondary N) is 1. The van der Waals surface area contributed by atoms with E-state index in [1.807, 2.05) is 13.0 Å². The molecule has 0 spiro atoms. The van der Waals surface area contributed by atoms with E-state index >= 15 is 0 Å². The summed E-state index contributed by atoms with van der Waals surface area (Å²) in [5, 5.41) is 12.8. The normalized spacial score (nSPS) is 12.2. The van der Waals surface area contributed by atoms with Gasteiger partial charge < -0.3 is 10.4 Å². The lowest BCUT2D eigenvalue weighted by atomic mass is 10.0. The number of hydrogen-bond acceptors (Lipinski definition) is 2. The first-order valence-corrected chi connectivity index (χ1v) is 6.88. The summed E-state index contributed by atoms with van der Waals surface area (Å²) in [7, 11) is 0. The molecule has 0 aliphatic carbocycles. The Kier molecular flexibility index (Phi) is 4.28. The molecule has 2 N–H and O–H groups in total. The van der Waals surface area contributed by atoms with E-state index in [0.29, 0.717) is 10.0 Å². The van der Waals surface area contributed by atoms with E-state index in [0.717, 1.165) is 11.6 Å². The minimum atomic E-state index is -0.684. The predicted octanol–water partition coefficient (Wildman–Crippen LogP) is 4.91. The van der Waals surface area contributed by atoms with Gasteiger partial charge in [0.1, 0.15) is 17.4 Å². The van der Waals surface area contributed by atoms with Gasteiger partial charge in [0.25, 0.3) is 0 Å². The number of phenolic OH excluding ortho intramolecular Hbond substituents is 1. The Balaban J connectivity index is 2.32. The van der Waals surface area contributed by atoms with Gasteiger partial charge in [0, 0.05) is 16.1 Å². The van der Waals surface area contributed by atoms with Crippen LogP contribution < -0.4 is 5.32 Å². The Labute approximate surface area is 124 Å². The molecule has 2 aromatic rings. The maximum atomic E-state index is 13.8. The number of anilines is 1. The van der Waals surface area contributed by atoms with Crippen molar-refractivity contribution in [1.29, 1.82) is 0 Å². The zero-order chi connectivity index (χ0) is 14.9. The van der Waals surface area contributed by atoms with Crippen LogP contribution in [0.15, 0.2) is 34.8 Å². The first kappa shape index (κ1) is 14.8. The minimum Gasteiger partial charge on any atom is -0.508 e. The van der Waals surface area contributed by atoms with Crippen LogP contribution in [0.2, 0.25) is 0 Å². The van der Waals surface area contributed by atoms with Crippen LogP contribution in [0.5, 0.6) is 5.75 Å². The minimum absolute atomic E-state index is 0.134. The van der Waals surface area contributed by atoms with Crippen LogP contribution in [-0.2, 0) is 0 Å². The Morgan fingerprint density at radius 3 is 2.55 bits per heavy atom. The van der Waals surface area contributed by atoms with Gasteiger partial charge in [0.05, 0.1) is 11.7 Å². The van der Waals surface area contributed by atoms with E-state index < -0.39 is 11.6 Å². The highest BCUT2D eigenvalue weighted by Gasteiger charge is 2.15. The van der Waals surface area contributed by atoms with Crippen molar-refractivity contribution in [2.75, 3.05) is 5.32 Å². The van der Waals surface area contributed by atoms with Crippen LogP contribution in [0.1, 0.15) is 24.1 Å². The van der Waals surface area contributed by atoms with Crippen molar-refractivity contribution in [3.05, 3.63) is 57.6 Å². The standard InChI is InChI=1S/C15H14BrF2NO/c1-8-3-4-14(20)11(5-8)9(2)19-15-12(16)6-10(17)7-13(15)18/h3-7,9,19-20H,1-2H3. The van der Waals surface area contributed by atoms with Gasteiger partial charge in [0.15, 0.2) is 0 Å². The molecule has 2 aromatic carbocycles. The van der Waals surface area contributed by atoms with Crippen LogP contribution in [0.3, 0.4) is 0 Å². The molecular weight excluding hydrogens is 328 g/mol. The molecular formula is C15H14BrF2NO. The van der Waals surface area contributed by atoms with Crippen molar-refractivity contribution in [2.45, 2.75) is 19.9 Å². The number of aryl methyl sites for hydroxylation is 1. The molecule has 5 heteroatoms. The maximum Gasteiger partial charge on any atom is 0.150 e. The van der Waals surface area contributed by atoms with Crippen molar-refractivity contribution < 1.29 is 13.9 Å². The molecule has 0 heterocycles. The van der Waals surface area contributed by atoms with Gasteiger partial charge >= 0.3 is 0 Å². The summed E-state index contributed by atoms with van der Waals surface area (Å²) in [5.41, 5.74) is 1.81. The Morgan fingerprint density at radius 1 is 1.20 bits per heavy atom. The highest BCUT2D eigenvalue weighted by molar-refractivity contribution is 9.10. The SMILES string of the molecule is Cc1ccc(O)c(C(C)Nc2c(F)cc(F)cc2Br)c1. The summed E-state index contributed by atoms with van der Waals surface area (Å²) in [6, 6.07) is 6.89. The molecule has 1 unspecified atom stereocenters. The number of halogens is 3. The van der Waals surface area contributed by atoms with Crippen LogP contribution in [0.4, 0.5) is 14.5 Å². The van der Waals surface area contributed by atoms with Gasteiger partial charge in [-0.3, -0.25) is 0 Å². The fourth-order valence-corrected chi connectivity index (χ4v) is 2.52. The van der Waals surface area contributed by atoms with E-state index in [9.17, 15) is 13.9 Å². The molecule has 0 aliphatic rings. The second kappa shape index (κ2) is 5.79. The first-order chi connectivity index (χ1) is 9.38. The van der Waals surface area contributed by atoms with Gasteiger partial charge in [-0.25, -0.2) is 8.78 Å². The molecule has 106 valence electrons. The fourth-order valence-electron chi connectivity index (χ4n) is 2.00. The number of rotatable bonds is 3. The summed E-state index contributed by atoms with van der Waals surface area (Å²) >= 11 is 3.13. The number of benzene rings is 2. The Morgan fingerprint density at radius 2 is 1.90 bits per heavy atom. The van der Waals surface area contributed by atoms with Crippen molar-refractivity contribution in [1.82, 2.24) is 0 Å². The van der Waals surface area contributed by atoms with Crippen molar-refractivity contribution in [3.8, 4) is 5.75 Å².